The highest BCUT2D eigenvalue weighted by atomic mass is 16.2. The summed E-state index contributed by atoms with van der Waals surface area (Å²) in [4.78, 5) is 38.1. The largest absolute Gasteiger partial charge is 0.350 e. The number of carbonyl (C=O) groups excluding carboxylic acids is 3. The Hall–Kier alpha value is -2.95. The first-order valence-electron chi connectivity index (χ1n) is 8.62. The fourth-order valence-corrected chi connectivity index (χ4v) is 2.79. The topological polar surface area (TPSA) is 66.5 Å². The molecule has 26 heavy (non-hydrogen) atoms. The van der Waals surface area contributed by atoms with Gasteiger partial charge in [-0.2, -0.15) is 0 Å². The molecule has 0 heterocycles. The second-order valence-electron chi connectivity index (χ2n) is 6.16. The van der Waals surface area contributed by atoms with Gasteiger partial charge in [-0.15, -0.1) is 0 Å². The molecule has 0 aromatic heterocycles. The first-order chi connectivity index (χ1) is 12.5. The van der Waals surface area contributed by atoms with E-state index in [2.05, 4.69) is 5.32 Å². The van der Waals surface area contributed by atoms with E-state index >= 15 is 0 Å². The molecular formula is C21H24N2O3. The molecule has 2 aromatic carbocycles. The monoisotopic (exact) mass is 352 g/mol. The van der Waals surface area contributed by atoms with Crippen LogP contribution in [0.5, 0.6) is 0 Å². The van der Waals surface area contributed by atoms with Gasteiger partial charge >= 0.3 is 0 Å². The third-order valence-electron chi connectivity index (χ3n) is 4.14. The van der Waals surface area contributed by atoms with Gasteiger partial charge in [0, 0.05) is 20.0 Å². The lowest BCUT2D eigenvalue weighted by Gasteiger charge is -2.28. The summed E-state index contributed by atoms with van der Waals surface area (Å²) >= 11 is 0. The molecule has 0 spiro atoms. The average Bonchev–Trinajstić information content (AvgIpc) is 2.64. The van der Waals surface area contributed by atoms with Crippen molar-refractivity contribution in [2.75, 3.05) is 6.54 Å². The Kier molecular flexibility index (Phi) is 7.09. The molecule has 0 radical (unpaired) electrons. The van der Waals surface area contributed by atoms with Crippen molar-refractivity contribution in [1.82, 2.24) is 10.2 Å². The van der Waals surface area contributed by atoms with Crippen LogP contribution in [0.25, 0.3) is 0 Å². The van der Waals surface area contributed by atoms with Crippen LogP contribution in [-0.2, 0) is 27.3 Å². The average molecular weight is 352 g/mol. The van der Waals surface area contributed by atoms with Crippen molar-refractivity contribution >= 4 is 17.6 Å². The van der Waals surface area contributed by atoms with Crippen molar-refractivity contribution in [1.29, 1.82) is 0 Å². The van der Waals surface area contributed by atoms with E-state index in [0.717, 1.165) is 11.1 Å². The van der Waals surface area contributed by atoms with Crippen LogP contribution in [-0.4, -0.2) is 35.1 Å². The van der Waals surface area contributed by atoms with Crippen LogP contribution in [0.15, 0.2) is 60.7 Å². The van der Waals surface area contributed by atoms with Gasteiger partial charge in [-0.25, -0.2) is 0 Å². The van der Waals surface area contributed by atoms with Gasteiger partial charge in [-0.1, -0.05) is 60.7 Å². The molecule has 1 atom stereocenters. The van der Waals surface area contributed by atoms with Gasteiger partial charge in [0.15, 0.2) is 11.8 Å². The number of rotatable bonds is 8. The van der Waals surface area contributed by atoms with E-state index in [0.29, 0.717) is 19.5 Å². The number of nitrogens with one attached hydrogen (secondary N) is 1. The van der Waals surface area contributed by atoms with Crippen LogP contribution < -0.4 is 5.32 Å². The van der Waals surface area contributed by atoms with Crippen LogP contribution >= 0.6 is 0 Å². The Labute approximate surface area is 154 Å². The second-order valence-corrected chi connectivity index (χ2v) is 6.16. The smallest absolute Gasteiger partial charge is 0.250 e. The number of Topliss-reactive ketones (excluding diaryl/α,β-unsaturated/α-hetero) is 1. The lowest BCUT2D eigenvalue weighted by molar-refractivity contribution is -0.144. The summed E-state index contributed by atoms with van der Waals surface area (Å²) in [6.45, 7) is 3.34. The van der Waals surface area contributed by atoms with Gasteiger partial charge in [-0.05, 0) is 24.5 Å². The third-order valence-corrected chi connectivity index (χ3v) is 4.14. The molecule has 0 bridgehead atoms. The number of hydrogen-bond donors (Lipinski definition) is 1. The van der Waals surface area contributed by atoms with Crippen molar-refractivity contribution in [2.45, 2.75) is 32.9 Å². The normalized spacial score (nSPS) is 11.5. The molecule has 1 unspecified atom stereocenters. The maximum Gasteiger partial charge on any atom is 0.250 e. The van der Waals surface area contributed by atoms with E-state index in [-0.39, 0.29) is 11.7 Å². The van der Waals surface area contributed by atoms with Gasteiger partial charge < -0.3 is 10.2 Å². The van der Waals surface area contributed by atoms with Crippen LogP contribution in [0, 0.1) is 0 Å². The molecule has 0 fully saturated rings. The predicted molar refractivity (Wildman–Crippen MR) is 100 cm³/mol. The third kappa shape index (κ3) is 5.55. The number of benzene rings is 2. The zero-order valence-corrected chi connectivity index (χ0v) is 15.1. The molecule has 0 aliphatic carbocycles. The number of amides is 2. The maximum atomic E-state index is 12.6. The zero-order chi connectivity index (χ0) is 18.9. The molecule has 136 valence electrons. The molecule has 2 rings (SSSR count). The van der Waals surface area contributed by atoms with E-state index in [1.54, 1.807) is 0 Å². The van der Waals surface area contributed by atoms with Gasteiger partial charge in [0.1, 0.15) is 0 Å². The summed E-state index contributed by atoms with van der Waals surface area (Å²) in [6, 6.07) is 18.0. The molecule has 5 nitrogen and oxygen atoms in total. The van der Waals surface area contributed by atoms with Crippen molar-refractivity contribution in [2.24, 2.45) is 0 Å². The predicted octanol–water partition coefficient (Wildman–Crippen LogP) is 2.35. The fourth-order valence-electron chi connectivity index (χ4n) is 2.79. The van der Waals surface area contributed by atoms with Gasteiger partial charge in [0.2, 0.25) is 5.91 Å². The van der Waals surface area contributed by atoms with Crippen molar-refractivity contribution < 1.29 is 14.4 Å². The minimum Gasteiger partial charge on any atom is -0.350 e. The van der Waals surface area contributed by atoms with Gasteiger partial charge in [0.25, 0.3) is 5.91 Å². The minimum atomic E-state index is -1.11. The molecule has 0 saturated carbocycles. The van der Waals surface area contributed by atoms with Crippen molar-refractivity contribution in [3.8, 4) is 0 Å². The Morgan fingerprint density at radius 3 is 1.92 bits per heavy atom. The summed E-state index contributed by atoms with van der Waals surface area (Å²) in [5.41, 5.74) is 1.98. The zero-order valence-electron chi connectivity index (χ0n) is 15.1. The Morgan fingerprint density at radius 2 is 1.42 bits per heavy atom. The van der Waals surface area contributed by atoms with E-state index in [4.69, 9.17) is 0 Å². The Bertz CT molecular complexity index is 744. The van der Waals surface area contributed by atoms with Gasteiger partial charge in [-0.3, -0.25) is 14.4 Å². The van der Waals surface area contributed by atoms with E-state index in [1.807, 2.05) is 60.7 Å². The van der Waals surface area contributed by atoms with Crippen LogP contribution in [0.1, 0.15) is 25.0 Å². The lowest BCUT2D eigenvalue weighted by atomic mass is 10.1. The molecule has 2 amide bonds. The number of carbonyl (C=O) groups is 3. The highest BCUT2D eigenvalue weighted by Crippen LogP contribution is 2.08. The van der Waals surface area contributed by atoms with Crippen LogP contribution in [0.2, 0.25) is 0 Å². The first-order valence-corrected chi connectivity index (χ1v) is 8.62. The molecule has 2 aromatic rings. The molecular weight excluding hydrogens is 328 g/mol. The number of ketones is 1. The highest BCUT2D eigenvalue weighted by Gasteiger charge is 2.31. The van der Waals surface area contributed by atoms with Gasteiger partial charge in [0.05, 0.1) is 0 Å². The van der Waals surface area contributed by atoms with E-state index in [1.165, 1.54) is 18.7 Å². The quantitative estimate of drug-likeness (QED) is 0.742. The van der Waals surface area contributed by atoms with E-state index in [9.17, 15) is 14.4 Å². The van der Waals surface area contributed by atoms with E-state index < -0.39 is 11.9 Å². The van der Waals surface area contributed by atoms with Crippen LogP contribution in [0.4, 0.5) is 0 Å². The SMILES string of the molecule is CC(=O)C(C(=O)NCc1ccccc1)N(CCc1ccccc1)C(C)=O. The molecule has 1 N–H and O–H groups in total. The number of hydrogen-bond acceptors (Lipinski definition) is 3. The minimum absolute atomic E-state index is 0.295. The fraction of sp³-hybridized carbons (Fsp3) is 0.286. The van der Waals surface area contributed by atoms with Crippen molar-refractivity contribution in [3.05, 3.63) is 71.8 Å². The highest BCUT2D eigenvalue weighted by molar-refractivity contribution is 6.06. The second kappa shape index (κ2) is 9.51. The lowest BCUT2D eigenvalue weighted by Crippen LogP contribution is -2.53. The summed E-state index contributed by atoms with van der Waals surface area (Å²) in [5.74, 6) is -1.10. The number of nitrogens with zero attached hydrogens (tertiary/aromatic N) is 1. The summed E-state index contributed by atoms with van der Waals surface area (Å²) < 4.78 is 0. The molecule has 5 heteroatoms. The molecule has 0 aliphatic heterocycles. The summed E-state index contributed by atoms with van der Waals surface area (Å²) in [5, 5.41) is 2.76. The van der Waals surface area contributed by atoms with Crippen molar-refractivity contribution in [3.63, 3.8) is 0 Å². The molecule has 0 aliphatic rings. The Balaban J connectivity index is 2.06. The molecule has 0 saturated heterocycles. The summed E-state index contributed by atoms with van der Waals surface area (Å²) in [6.07, 6.45) is 0.580. The Morgan fingerprint density at radius 1 is 0.885 bits per heavy atom. The van der Waals surface area contributed by atoms with Crippen LogP contribution in [0.3, 0.4) is 0 Å². The maximum absolute atomic E-state index is 12.6. The summed E-state index contributed by atoms with van der Waals surface area (Å²) in [7, 11) is 0. The standard InChI is InChI=1S/C21H24N2O3/c1-16(24)20(21(26)22-15-19-11-7-4-8-12-19)23(17(2)25)14-13-18-9-5-3-6-10-18/h3-12,20H,13-15H2,1-2H3,(H,22,26). The first kappa shape index (κ1) is 19.4.